The van der Waals surface area contributed by atoms with Crippen LogP contribution in [-0.4, -0.2) is 25.1 Å². The summed E-state index contributed by atoms with van der Waals surface area (Å²) in [4.78, 5) is 22.9. The van der Waals surface area contributed by atoms with Gasteiger partial charge in [-0.15, -0.1) is 0 Å². The van der Waals surface area contributed by atoms with Crippen LogP contribution in [0.1, 0.15) is 0 Å². The zero-order valence-electron chi connectivity index (χ0n) is 12.8. The van der Waals surface area contributed by atoms with Crippen LogP contribution in [0.2, 0.25) is 0 Å². The van der Waals surface area contributed by atoms with Crippen LogP contribution in [0.3, 0.4) is 0 Å². The second kappa shape index (κ2) is 8.28. The summed E-state index contributed by atoms with van der Waals surface area (Å²) < 4.78 is 75.2. The first kappa shape index (κ1) is 19.2. The highest BCUT2D eigenvalue weighted by Gasteiger charge is 2.27. The van der Waals surface area contributed by atoms with Crippen molar-refractivity contribution >= 4 is 17.6 Å². The van der Waals surface area contributed by atoms with Gasteiger partial charge in [0.15, 0.2) is 36.5 Å². The highest BCUT2D eigenvalue weighted by atomic mass is 19.2. The van der Waals surface area contributed by atoms with Crippen molar-refractivity contribution in [2.24, 2.45) is 0 Å². The number of amides is 1. The molecule has 0 atom stereocenters. The van der Waals surface area contributed by atoms with Gasteiger partial charge in [-0.3, -0.25) is 4.79 Å². The van der Waals surface area contributed by atoms with E-state index in [1.807, 2.05) is 0 Å². The molecule has 0 aliphatic rings. The van der Waals surface area contributed by atoms with Gasteiger partial charge in [0, 0.05) is 0 Å². The molecule has 0 saturated heterocycles. The van der Waals surface area contributed by atoms with Gasteiger partial charge < -0.3 is 14.8 Å². The third-order valence-electron chi connectivity index (χ3n) is 2.94. The van der Waals surface area contributed by atoms with Crippen molar-refractivity contribution in [1.29, 1.82) is 0 Å². The number of anilines is 1. The Morgan fingerprint density at radius 1 is 0.808 bits per heavy atom. The van der Waals surface area contributed by atoms with Crippen molar-refractivity contribution in [3.63, 3.8) is 0 Å². The van der Waals surface area contributed by atoms with Crippen LogP contribution in [0.25, 0.3) is 0 Å². The molecule has 2 aromatic carbocycles. The Morgan fingerprint density at radius 3 is 1.92 bits per heavy atom. The molecule has 0 bridgehead atoms. The highest BCUT2D eigenvalue weighted by molar-refractivity contribution is 5.93. The predicted molar refractivity (Wildman–Crippen MR) is 77.8 cm³/mol. The maximum atomic E-state index is 13.4. The highest BCUT2D eigenvalue weighted by Crippen LogP contribution is 2.26. The minimum absolute atomic E-state index is 0.357. The predicted octanol–water partition coefficient (Wildman–Crippen LogP) is 2.94. The van der Waals surface area contributed by atoms with E-state index in [9.17, 15) is 31.5 Å². The zero-order valence-corrected chi connectivity index (χ0v) is 12.8. The van der Waals surface area contributed by atoms with E-state index < -0.39 is 59.9 Å². The van der Waals surface area contributed by atoms with Gasteiger partial charge in [0.1, 0.15) is 11.4 Å². The summed E-state index contributed by atoms with van der Waals surface area (Å²) >= 11 is 0. The molecule has 0 unspecified atom stereocenters. The minimum atomic E-state index is -2.36. The summed E-state index contributed by atoms with van der Waals surface area (Å²) in [5, 5.41) is 1.46. The number of nitrogens with one attached hydrogen (secondary N) is 1. The van der Waals surface area contributed by atoms with Crippen LogP contribution < -0.4 is 10.1 Å². The molecule has 0 aliphatic carbocycles. The summed E-state index contributed by atoms with van der Waals surface area (Å²) in [6, 6.07) is 8.14. The third-order valence-corrected chi connectivity index (χ3v) is 2.94. The van der Waals surface area contributed by atoms with E-state index in [2.05, 4.69) is 4.74 Å². The fourth-order valence-electron chi connectivity index (χ4n) is 1.74. The molecule has 0 fully saturated rings. The largest absolute Gasteiger partial charge is 0.482 e. The molecule has 2 aromatic rings. The number of halogens is 5. The van der Waals surface area contributed by atoms with Gasteiger partial charge >= 0.3 is 5.97 Å². The van der Waals surface area contributed by atoms with Gasteiger partial charge in [-0.1, -0.05) is 18.2 Å². The molecule has 0 saturated carbocycles. The van der Waals surface area contributed by atoms with Crippen molar-refractivity contribution in [1.82, 2.24) is 0 Å². The molecule has 0 radical (unpaired) electrons. The van der Waals surface area contributed by atoms with Crippen LogP contribution in [0.15, 0.2) is 30.3 Å². The quantitative estimate of drug-likeness (QED) is 0.365. The third kappa shape index (κ3) is 4.47. The van der Waals surface area contributed by atoms with Gasteiger partial charge in [0.05, 0.1) is 0 Å². The maximum Gasteiger partial charge on any atom is 0.344 e. The minimum Gasteiger partial charge on any atom is -0.482 e. The lowest BCUT2D eigenvalue weighted by Gasteiger charge is -2.10. The topological polar surface area (TPSA) is 64.6 Å². The number of rotatable bonds is 6. The molecule has 5 nitrogen and oxygen atoms in total. The Kier molecular flexibility index (Phi) is 6.10. The first-order valence-electron chi connectivity index (χ1n) is 6.96. The summed E-state index contributed by atoms with van der Waals surface area (Å²) in [7, 11) is 0. The van der Waals surface area contributed by atoms with E-state index in [0.29, 0.717) is 5.75 Å². The Bertz CT molecular complexity index is 800. The number of esters is 1. The van der Waals surface area contributed by atoms with Gasteiger partial charge in [-0.05, 0) is 12.1 Å². The molecule has 10 heteroatoms. The lowest BCUT2D eigenvalue weighted by molar-refractivity contribution is -0.149. The van der Waals surface area contributed by atoms with Crippen molar-refractivity contribution in [3.8, 4) is 5.75 Å². The van der Waals surface area contributed by atoms with Crippen molar-refractivity contribution in [2.45, 2.75) is 0 Å². The maximum absolute atomic E-state index is 13.4. The molecule has 0 aliphatic heterocycles. The van der Waals surface area contributed by atoms with E-state index in [4.69, 9.17) is 4.74 Å². The standard InChI is InChI=1S/C16H10F5NO4/c17-11-12(18)14(20)16(15(21)13(11)19)22-9(23)6-26-10(24)7-25-8-4-2-1-3-5-8/h1-5H,6-7H2,(H,22,23). The zero-order chi connectivity index (χ0) is 19.3. The van der Waals surface area contributed by atoms with Crippen LogP contribution in [0.5, 0.6) is 5.75 Å². The van der Waals surface area contributed by atoms with E-state index in [1.165, 1.54) is 5.32 Å². The molecular formula is C16H10F5NO4. The molecule has 0 spiro atoms. The van der Waals surface area contributed by atoms with Gasteiger partial charge in [0.25, 0.3) is 5.91 Å². The normalized spacial score (nSPS) is 10.3. The van der Waals surface area contributed by atoms with E-state index in [0.717, 1.165) is 0 Å². The van der Waals surface area contributed by atoms with E-state index in [1.54, 1.807) is 30.3 Å². The summed E-state index contributed by atoms with van der Waals surface area (Å²) in [5.41, 5.74) is -1.54. The number of hydrogen-bond donors (Lipinski definition) is 1. The SMILES string of the molecule is O=C(COC(=O)COc1ccccc1)Nc1c(F)c(F)c(F)c(F)c1F. The summed E-state index contributed by atoms with van der Waals surface area (Å²) in [6.45, 7) is -1.57. The average molecular weight is 375 g/mol. The van der Waals surface area contributed by atoms with Crippen LogP contribution in [0, 0.1) is 29.1 Å². The van der Waals surface area contributed by atoms with Gasteiger partial charge in [-0.2, -0.15) is 0 Å². The number of para-hydroxylation sites is 1. The lowest BCUT2D eigenvalue weighted by atomic mass is 10.2. The molecule has 1 N–H and O–H groups in total. The fourth-order valence-corrected chi connectivity index (χ4v) is 1.74. The average Bonchev–Trinajstić information content (AvgIpc) is 2.65. The van der Waals surface area contributed by atoms with Gasteiger partial charge in [-0.25, -0.2) is 26.7 Å². The van der Waals surface area contributed by atoms with Crippen molar-refractivity contribution < 1.29 is 41.0 Å². The second-order valence-corrected chi connectivity index (χ2v) is 4.76. The molecule has 0 heterocycles. The van der Waals surface area contributed by atoms with Crippen molar-refractivity contribution in [2.75, 3.05) is 18.5 Å². The van der Waals surface area contributed by atoms with Crippen LogP contribution in [0.4, 0.5) is 27.6 Å². The fraction of sp³-hybridized carbons (Fsp3) is 0.125. The smallest absolute Gasteiger partial charge is 0.344 e. The van der Waals surface area contributed by atoms with E-state index in [-0.39, 0.29) is 0 Å². The molecule has 0 aromatic heterocycles. The molecule has 26 heavy (non-hydrogen) atoms. The van der Waals surface area contributed by atoms with Crippen LogP contribution in [-0.2, 0) is 14.3 Å². The Labute approximate surface area is 143 Å². The number of carbonyl (C=O) groups excluding carboxylic acids is 2. The number of ether oxygens (including phenoxy) is 2. The van der Waals surface area contributed by atoms with Crippen LogP contribution >= 0.6 is 0 Å². The molecule has 138 valence electrons. The monoisotopic (exact) mass is 375 g/mol. The Morgan fingerprint density at radius 2 is 1.35 bits per heavy atom. The summed E-state index contributed by atoms with van der Waals surface area (Å²) in [5.74, 6) is -13.2. The molecular weight excluding hydrogens is 365 g/mol. The second-order valence-electron chi connectivity index (χ2n) is 4.76. The number of hydrogen-bond acceptors (Lipinski definition) is 4. The Hall–Kier alpha value is -3.17. The molecule has 1 amide bonds. The first-order valence-corrected chi connectivity index (χ1v) is 6.96. The molecule has 2 rings (SSSR count). The summed E-state index contributed by atoms with van der Waals surface area (Å²) in [6.07, 6.45) is 0. The first-order chi connectivity index (χ1) is 12.3. The lowest BCUT2D eigenvalue weighted by Crippen LogP contribution is -2.25. The Balaban J connectivity index is 1.90. The van der Waals surface area contributed by atoms with Gasteiger partial charge in [0.2, 0.25) is 5.82 Å². The number of benzene rings is 2. The number of carbonyl (C=O) groups is 2. The van der Waals surface area contributed by atoms with Crippen molar-refractivity contribution in [3.05, 3.63) is 59.4 Å². The van der Waals surface area contributed by atoms with E-state index >= 15 is 0 Å².